The zero-order valence-corrected chi connectivity index (χ0v) is 9.30. The number of hydrogen-bond donors (Lipinski definition) is 1. The molecule has 0 saturated carbocycles. The summed E-state index contributed by atoms with van der Waals surface area (Å²) in [5.74, 6) is 0.793. The van der Waals surface area contributed by atoms with Gasteiger partial charge in [0, 0.05) is 24.9 Å². The lowest BCUT2D eigenvalue weighted by molar-refractivity contribution is 0.686. The number of benzene rings is 1. The van der Waals surface area contributed by atoms with Gasteiger partial charge >= 0.3 is 0 Å². The standard InChI is InChI=1S/C13H15N3/c1-10-8-15-13(16-9-10)7-12(14)11-5-3-2-4-6-11/h2-6,8-9,12H,7,14H2,1H3. The van der Waals surface area contributed by atoms with Gasteiger partial charge in [0.25, 0.3) is 0 Å². The smallest absolute Gasteiger partial charge is 0.130 e. The highest BCUT2D eigenvalue weighted by Crippen LogP contribution is 2.13. The van der Waals surface area contributed by atoms with E-state index in [1.54, 1.807) is 0 Å². The molecule has 0 saturated heterocycles. The van der Waals surface area contributed by atoms with Crippen LogP contribution in [0.2, 0.25) is 0 Å². The van der Waals surface area contributed by atoms with Crippen molar-refractivity contribution >= 4 is 0 Å². The first-order valence-electron chi connectivity index (χ1n) is 5.34. The van der Waals surface area contributed by atoms with Gasteiger partial charge in [0.1, 0.15) is 5.82 Å². The second-order valence-electron chi connectivity index (χ2n) is 3.90. The van der Waals surface area contributed by atoms with Gasteiger partial charge in [0.05, 0.1) is 0 Å². The average molecular weight is 213 g/mol. The van der Waals surface area contributed by atoms with E-state index in [-0.39, 0.29) is 6.04 Å². The normalized spacial score (nSPS) is 12.4. The van der Waals surface area contributed by atoms with Gasteiger partial charge in [-0.25, -0.2) is 9.97 Å². The molecule has 1 atom stereocenters. The molecule has 0 aliphatic rings. The largest absolute Gasteiger partial charge is 0.324 e. The Morgan fingerprint density at radius 3 is 2.38 bits per heavy atom. The molecule has 0 amide bonds. The van der Waals surface area contributed by atoms with Crippen LogP contribution >= 0.6 is 0 Å². The summed E-state index contributed by atoms with van der Waals surface area (Å²) >= 11 is 0. The van der Waals surface area contributed by atoms with Crippen molar-refractivity contribution in [3.05, 3.63) is 59.7 Å². The van der Waals surface area contributed by atoms with Gasteiger partial charge in [-0.2, -0.15) is 0 Å². The van der Waals surface area contributed by atoms with Crippen LogP contribution in [0, 0.1) is 6.92 Å². The average Bonchev–Trinajstić information content (AvgIpc) is 2.33. The maximum absolute atomic E-state index is 6.09. The van der Waals surface area contributed by atoms with Crippen LogP contribution in [0.25, 0.3) is 0 Å². The molecule has 0 fully saturated rings. The number of rotatable bonds is 3. The summed E-state index contributed by atoms with van der Waals surface area (Å²) in [7, 11) is 0. The molecule has 2 rings (SSSR count). The first-order valence-corrected chi connectivity index (χ1v) is 5.34. The van der Waals surface area contributed by atoms with E-state index in [2.05, 4.69) is 9.97 Å². The summed E-state index contributed by atoms with van der Waals surface area (Å²) in [4.78, 5) is 8.51. The van der Waals surface area contributed by atoms with E-state index in [0.717, 1.165) is 17.0 Å². The quantitative estimate of drug-likeness (QED) is 0.848. The van der Waals surface area contributed by atoms with Crippen molar-refractivity contribution in [2.45, 2.75) is 19.4 Å². The minimum Gasteiger partial charge on any atom is -0.324 e. The third kappa shape index (κ3) is 2.64. The molecule has 0 spiro atoms. The van der Waals surface area contributed by atoms with E-state index in [4.69, 9.17) is 5.73 Å². The molecular weight excluding hydrogens is 198 g/mol. The first kappa shape index (κ1) is 10.8. The number of nitrogens with zero attached hydrogens (tertiary/aromatic N) is 2. The number of aromatic nitrogens is 2. The lowest BCUT2D eigenvalue weighted by Crippen LogP contribution is -2.14. The zero-order chi connectivity index (χ0) is 11.4. The number of hydrogen-bond acceptors (Lipinski definition) is 3. The fraction of sp³-hybridized carbons (Fsp3) is 0.231. The highest BCUT2D eigenvalue weighted by atomic mass is 14.9. The lowest BCUT2D eigenvalue weighted by Gasteiger charge is -2.10. The molecule has 2 aromatic rings. The topological polar surface area (TPSA) is 51.8 Å². The molecule has 1 heterocycles. The van der Waals surface area contributed by atoms with Gasteiger partial charge in [0.15, 0.2) is 0 Å². The molecule has 82 valence electrons. The zero-order valence-electron chi connectivity index (χ0n) is 9.30. The minimum absolute atomic E-state index is 0.0380. The Bertz CT molecular complexity index is 436. The number of aryl methyl sites for hydroxylation is 1. The Hall–Kier alpha value is -1.74. The molecule has 0 aliphatic heterocycles. The Balaban J connectivity index is 2.08. The fourth-order valence-corrected chi connectivity index (χ4v) is 1.54. The van der Waals surface area contributed by atoms with Gasteiger partial charge in [-0.3, -0.25) is 0 Å². The highest BCUT2D eigenvalue weighted by molar-refractivity contribution is 5.19. The third-order valence-electron chi connectivity index (χ3n) is 2.46. The molecule has 16 heavy (non-hydrogen) atoms. The van der Waals surface area contributed by atoms with Crippen LogP contribution in [0.3, 0.4) is 0 Å². The molecule has 3 heteroatoms. The second-order valence-corrected chi connectivity index (χ2v) is 3.90. The maximum Gasteiger partial charge on any atom is 0.130 e. The van der Waals surface area contributed by atoms with E-state index in [1.165, 1.54) is 0 Å². The summed E-state index contributed by atoms with van der Waals surface area (Å²) in [6.45, 7) is 1.97. The van der Waals surface area contributed by atoms with Crippen LogP contribution in [0.4, 0.5) is 0 Å². The summed E-state index contributed by atoms with van der Waals surface area (Å²) in [5, 5.41) is 0. The van der Waals surface area contributed by atoms with E-state index >= 15 is 0 Å². The van der Waals surface area contributed by atoms with Gasteiger partial charge in [-0.05, 0) is 18.1 Å². The van der Waals surface area contributed by atoms with Crippen LogP contribution in [0.1, 0.15) is 23.0 Å². The summed E-state index contributed by atoms with van der Waals surface area (Å²) in [6, 6.07) is 9.98. The Labute approximate surface area is 95.4 Å². The molecule has 0 bridgehead atoms. The monoisotopic (exact) mass is 213 g/mol. The molecule has 0 radical (unpaired) electrons. The van der Waals surface area contributed by atoms with E-state index in [9.17, 15) is 0 Å². The summed E-state index contributed by atoms with van der Waals surface area (Å²) in [5.41, 5.74) is 8.27. The van der Waals surface area contributed by atoms with Gasteiger partial charge in [-0.1, -0.05) is 30.3 Å². The molecule has 1 aromatic heterocycles. The summed E-state index contributed by atoms with van der Waals surface area (Å²) in [6.07, 6.45) is 4.31. The molecular formula is C13H15N3. The number of nitrogens with two attached hydrogens (primary N) is 1. The SMILES string of the molecule is Cc1cnc(CC(N)c2ccccc2)nc1. The minimum atomic E-state index is -0.0380. The molecule has 2 N–H and O–H groups in total. The molecule has 1 unspecified atom stereocenters. The Morgan fingerprint density at radius 2 is 1.75 bits per heavy atom. The van der Waals surface area contributed by atoms with Crippen molar-refractivity contribution < 1.29 is 0 Å². The summed E-state index contributed by atoms with van der Waals surface area (Å²) < 4.78 is 0. The van der Waals surface area contributed by atoms with Crippen molar-refractivity contribution in [1.29, 1.82) is 0 Å². The molecule has 3 nitrogen and oxygen atoms in total. The fourth-order valence-electron chi connectivity index (χ4n) is 1.54. The highest BCUT2D eigenvalue weighted by Gasteiger charge is 2.07. The van der Waals surface area contributed by atoms with Crippen LogP contribution < -0.4 is 5.73 Å². The van der Waals surface area contributed by atoms with Crippen molar-refractivity contribution in [3.8, 4) is 0 Å². The van der Waals surface area contributed by atoms with E-state index in [0.29, 0.717) is 6.42 Å². The van der Waals surface area contributed by atoms with Crippen LogP contribution in [0.5, 0.6) is 0 Å². The van der Waals surface area contributed by atoms with Crippen LogP contribution in [-0.2, 0) is 6.42 Å². The molecule has 1 aromatic carbocycles. The lowest BCUT2D eigenvalue weighted by atomic mass is 10.0. The molecule has 0 aliphatic carbocycles. The van der Waals surface area contributed by atoms with Crippen molar-refractivity contribution in [2.24, 2.45) is 5.73 Å². The Kier molecular flexibility index (Phi) is 3.27. The van der Waals surface area contributed by atoms with E-state index in [1.807, 2.05) is 49.6 Å². The van der Waals surface area contributed by atoms with Crippen molar-refractivity contribution in [3.63, 3.8) is 0 Å². The Morgan fingerprint density at radius 1 is 1.12 bits per heavy atom. The van der Waals surface area contributed by atoms with Crippen molar-refractivity contribution in [2.75, 3.05) is 0 Å². The maximum atomic E-state index is 6.09. The van der Waals surface area contributed by atoms with E-state index < -0.39 is 0 Å². The second kappa shape index (κ2) is 4.86. The van der Waals surface area contributed by atoms with Crippen molar-refractivity contribution in [1.82, 2.24) is 9.97 Å². The van der Waals surface area contributed by atoms with Crippen LogP contribution in [0.15, 0.2) is 42.7 Å². The predicted octanol–water partition coefficient (Wildman–Crippen LogP) is 2.03. The van der Waals surface area contributed by atoms with Crippen LogP contribution in [-0.4, -0.2) is 9.97 Å². The first-order chi connectivity index (χ1) is 7.75. The predicted molar refractivity (Wildman–Crippen MR) is 63.8 cm³/mol. The van der Waals surface area contributed by atoms with Gasteiger partial charge in [0.2, 0.25) is 0 Å². The van der Waals surface area contributed by atoms with Gasteiger partial charge in [-0.15, -0.1) is 0 Å². The third-order valence-corrected chi connectivity index (χ3v) is 2.46. The van der Waals surface area contributed by atoms with Gasteiger partial charge < -0.3 is 5.73 Å².